The number of phenolic OH excluding ortho intramolecular Hbond substituents is 2. The number of nitrogens with zero attached hydrogens (tertiary/aromatic N) is 1. The molecule has 0 saturated heterocycles. The summed E-state index contributed by atoms with van der Waals surface area (Å²) >= 11 is 0. The molecule has 0 aliphatic heterocycles. The van der Waals surface area contributed by atoms with Gasteiger partial charge in [-0.3, -0.25) is 0 Å². The SMILES string of the molecule is Cc1c(-c2ccc(O)cc2)n(Cc2ccc(C(C)C)cc2)c2ccc(O)cc12. The molecule has 3 heteroatoms. The fraction of sp³-hybridized carbons (Fsp3) is 0.200. The van der Waals surface area contributed by atoms with Gasteiger partial charge in [0.15, 0.2) is 0 Å². The van der Waals surface area contributed by atoms with E-state index < -0.39 is 0 Å². The Hall–Kier alpha value is -3.20. The number of hydrogen-bond acceptors (Lipinski definition) is 2. The summed E-state index contributed by atoms with van der Waals surface area (Å²) in [5.41, 5.74) is 6.93. The molecule has 4 rings (SSSR count). The van der Waals surface area contributed by atoms with Gasteiger partial charge in [0.25, 0.3) is 0 Å². The Bertz CT molecular complexity index is 1120. The van der Waals surface area contributed by atoms with Crippen molar-refractivity contribution >= 4 is 10.9 Å². The molecule has 3 aromatic carbocycles. The Morgan fingerprint density at radius 3 is 2.11 bits per heavy atom. The van der Waals surface area contributed by atoms with Crippen molar-refractivity contribution in [3.8, 4) is 22.8 Å². The summed E-state index contributed by atoms with van der Waals surface area (Å²) < 4.78 is 2.29. The van der Waals surface area contributed by atoms with Gasteiger partial charge < -0.3 is 14.8 Å². The minimum Gasteiger partial charge on any atom is -0.508 e. The van der Waals surface area contributed by atoms with Crippen LogP contribution in [0.2, 0.25) is 0 Å². The first-order chi connectivity index (χ1) is 13.4. The first-order valence-electron chi connectivity index (χ1n) is 9.64. The van der Waals surface area contributed by atoms with E-state index in [-0.39, 0.29) is 11.5 Å². The van der Waals surface area contributed by atoms with Gasteiger partial charge in [0.2, 0.25) is 0 Å². The quantitative estimate of drug-likeness (QED) is 0.449. The van der Waals surface area contributed by atoms with Crippen LogP contribution in [0.1, 0.15) is 36.5 Å². The predicted octanol–water partition coefficient (Wildman–Crippen LogP) is 6.20. The second-order valence-corrected chi connectivity index (χ2v) is 7.70. The third kappa shape index (κ3) is 3.24. The fourth-order valence-electron chi connectivity index (χ4n) is 3.86. The average Bonchev–Trinajstić information content (AvgIpc) is 2.94. The van der Waals surface area contributed by atoms with Crippen LogP contribution in [0.25, 0.3) is 22.2 Å². The largest absolute Gasteiger partial charge is 0.508 e. The molecule has 0 amide bonds. The van der Waals surface area contributed by atoms with Gasteiger partial charge in [-0.05, 0) is 77.6 Å². The first-order valence-corrected chi connectivity index (χ1v) is 9.64. The molecule has 1 aromatic heterocycles. The maximum Gasteiger partial charge on any atom is 0.116 e. The molecular weight excluding hydrogens is 346 g/mol. The summed E-state index contributed by atoms with van der Waals surface area (Å²) in [4.78, 5) is 0. The maximum atomic E-state index is 9.99. The summed E-state index contributed by atoms with van der Waals surface area (Å²) in [6.07, 6.45) is 0. The molecular formula is C25H25NO2. The van der Waals surface area contributed by atoms with E-state index in [0.29, 0.717) is 5.92 Å². The fourth-order valence-corrected chi connectivity index (χ4v) is 3.86. The zero-order valence-electron chi connectivity index (χ0n) is 16.5. The minimum atomic E-state index is 0.256. The van der Waals surface area contributed by atoms with Crippen molar-refractivity contribution in [1.82, 2.24) is 4.57 Å². The molecule has 0 unspecified atom stereocenters. The molecule has 0 spiro atoms. The van der Waals surface area contributed by atoms with Crippen LogP contribution in [-0.2, 0) is 6.54 Å². The molecule has 4 aromatic rings. The van der Waals surface area contributed by atoms with Crippen LogP contribution in [0.4, 0.5) is 0 Å². The van der Waals surface area contributed by atoms with Crippen LogP contribution in [0.15, 0.2) is 66.7 Å². The van der Waals surface area contributed by atoms with Gasteiger partial charge >= 0.3 is 0 Å². The molecule has 0 aliphatic rings. The van der Waals surface area contributed by atoms with Crippen molar-refractivity contribution in [2.75, 3.05) is 0 Å². The van der Waals surface area contributed by atoms with Crippen LogP contribution in [0, 0.1) is 6.92 Å². The normalized spacial score (nSPS) is 11.4. The van der Waals surface area contributed by atoms with E-state index in [2.05, 4.69) is 49.6 Å². The van der Waals surface area contributed by atoms with Crippen molar-refractivity contribution in [2.24, 2.45) is 0 Å². The van der Waals surface area contributed by atoms with E-state index in [9.17, 15) is 10.2 Å². The van der Waals surface area contributed by atoms with Crippen molar-refractivity contribution < 1.29 is 10.2 Å². The third-order valence-corrected chi connectivity index (χ3v) is 5.43. The molecule has 0 saturated carbocycles. The molecule has 142 valence electrons. The standard InChI is InChI=1S/C25H25NO2/c1-16(2)19-6-4-18(5-7-19)15-26-24-13-12-22(28)14-23(24)17(3)25(26)20-8-10-21(27)11-9-20/h4-14,16,27-28H,15H2,1-3H3. The second-order valence-electron chi connectivity index (χ2n) is 7.70. The molecule has 0 radical (unpaired) electrons. The zero-order valence-corrected chi connectivity index (χ0v) is 16.5. The Kier molecular flexibility index (Phi) is 4.60. The minimum absolute atomic E-state index is 0.256. The second kappa shape index (κ2) is 7.08. The van der Waals surface area contributed by atoms with Crippen LogP contribution in [0.5, 0.6) is 11.5 Å². The summed E-state index contributed by atoms with van der Waals surface area (Å²) in [5, 5.41) is 20.7. The van der Waals surface area contributed by atoms with E-state index in [1.54, 1.807) is 18.2 Å². The van der Waals surface area contributed by atoms with Crippen LogP contribution in [0.3, 0.4) is 0 Å². The molecule has 0 atom stereocenters. The van der Waals surface area contributed by atoms with Gasteiger partial charge in [0, 0.05) is 17.4 Å². The summed E-state index contributed by atoms with van der Waals surface area (Å²) in [7, 11) is 0. The van der Waals surface area contributed by atoms with E-state index in [1.165, 1.54) is 11.1 Å². The molecule has 0 aliphatic carbocycles. The summed E-state index contributed by atoms with van der Waals surface area (Å²) in [5.74, 6) is 1.04. The molecule has 0 bridgehead atoms. The number of aromatic hydroxyl groups is 2. The highest BCUT2D eigenvalue weighted by Crippen LogP contribution is 2.36. The summed E-state index contributed by atoms with van der Waals surface area (Å²) in [6, 6.07) is 21.6. The van der Waals surface area contributed by atoms with E-state index in [0.717, 1.165) is 34.3 Å². The van der Waals surface area contributed by atoms with Crippen molar-refractivity contribution in [3.05, 3.63) is 83.4 Å². The van der Waals surface area contributed by atoms with Gasteiger partial charge in [-0.15, -0.1) is 0 Å². The highest BCUT2D eigenvalue weighted by Gasteiger charge is 2.17. The van der Waals surface area contributed by atoms with E-state index >= 15 is 0 Å². The number of rotatable bonds is 4. The number of fused-ring (bicyclic) bond motifs is 1. The Labute approximate surface area is 165 Å². The number of hydrogen-bond donors (Lipinski definition) is 2. The van der Waals surface area contributed by atoms with Crippen LogP contribution < -0.4 is 0 Å². The third-order valence-electron chi connectivity index (χ3n) is 5.43. The molecule has 28 heavy (non-hydrogen) atoms. The van der Waals surface area contributed by atoms with Gasteiger partial charge in [-0.1, -0.05) is 38.1 Å². The highest BCUT2D eigenvalue weighted by molar-refractivity contribution is 5.92. The summed E-state index contributed by atoms with van der Waals surface area (Å²) in [6.45, 7) is 7.23. The molecule has 1 heterocycles. The Balaban J connectivity index is 1.87. The number of aromatic nitrogens is 1. The maximum absolute atomic E-state index is 9.99. The Morgan fingerprint density at radius 1 is 0.821 bits per heavy atom. The highest BCUT2D eigenvalue weighted by atomic mass is 16.3. The van der Waals surface area contributed by atoms with Gasteiger partial charge in [-0.2, -0.15) is 0 Å². The van der Waals surface area contributed by atoms with Crippen molar-refractivity contribution in [1.29, 1.82) is 0 Å². The van der Waals surface area contributed by atoms with Gasteiger partial charge in [0.05, 0.1) is 5.69 Å². The van der Waals surface area contributed by atoms with Crippen LogP contribution >= 0.6 is 0 Å². The van der Waals surface area contributed by atoms with Crippen LogP contribution in [-0.4, -0.2) is 14.8 Å². The Morgan fingerprint density at radius 2 is 1.46 bits per heavy atom. The lowest BCUT2D eigenvalue weighted by molar-refractivity contribution is 0.475. The lowest BCUT2D eigenvalue weighted by atomic mass is 10.0. The van der Waals surface area contributed by atoms with Crippen molar-refractivity contribution in [2.45, 2.75) is 33.2 Å². The van der Waals surface area contributed by atoms with Crippen molar-refractivity contribution in [3.63, 3.8) is 0 Å². The molecule has 3 nitrogen and oxygen atoms in total. The monoisotopic (exact) mass is 371 g/mol. The topological polar surface area (TPSA) is 45.4 Å². The molecule has 0 fully saturated rings. The number of benzene rings is 3. The van der Waals surface area contributed by atoms with E-state index in [4.69, 9.17) is 0 Å². The van der Waals surface area contributed by atoms with Gasteiger partial charge in [0.1, 0.15) is 11.5 Å². The first kappa shape index (κ1) is 18.2. The number of phenols is 2. The van der Waals surface area contributed by atoms with E-state index in [1.807, 2.05) is 24.3 Å². The number of aryl methyl sites for hydroxylation is 1. The smallest absolute Gasteiger partial charge is 0.116 e. The lowest BCUT2D eigenvalue weighted by Crippen LogP contribution is -2.02. The average molecular weight is 371 g/mol. The predicted molar refractivity (Wildman–Crippen MR) is 115 cm³/mol. The lowest BCUT2D eigenvalue weighted by Gasteiger charge is -2.13. The zero-order chi connectivity index (χ0) is 19.8. The van der Waals surface area contributed by atoms with Gasteiger partial charge in [-0.25, -0.2) is 0 Å². The molecule has 2 N–H and O–H groups in total.